The molecule has 0 aromatic heterocycles. The lowest BCUT2D eigenvalue weighted by Crippen LogP contribution is -2.33. The van der Waals surface area contributed by atoms with Crippen LogP contribution in [0.25, 0.3) is 5.76 Å². The monoisotopic (exact) mass is 449 g/mol. The molecule has 0 aliphatic carbocycles. The van der Waals surface area contributed by atoms with Gasteiger partial charge in [-0.2, -0.15) is 0 Å². The zero-order valence-electron chi connectivity index (χ0n) is 16.3. The molecule has 0 spiro atoms. The summed E-state index contributed by atoms with van der Waals surface area (Å²) in [6.45, 7) is 2.06. The number of aliphatic hydroxyl groups is 2. The second-order valence-corrected chi connectivity index (χ2v) is 7.70. The van der Waals surface area contributed by atoms with Crippen molar-refractivity contribution < 1.29 is 24.5 Å². The van der Waals surface area contributed by atoms with Crippen molar-refractivity contribution in [3.05, 3.63) is 74.8 Å². The second kappa shape index (κ2) is 9.62. The van der Waals surface area contributed by atoms with Gasteiger partial charge in [-0.05, 0) is 24.6 Å². The molecule has 0 radical (unpaired) electrons. The molecule has 2 aromatic rings. The van der Waals surface area contributed by atoms with Crippen LogP contribution in [0.5, 0.6) is 0 Å². The van der Waals surface area contributed by atoms with Crippen LogP contribution in [-0.4, -0.2) is 53.2 Å². The maximum atomic E-state index is 12.9. The molecule has 158 valence electrons. The largest absolute Gasteiger partial charge is 0.507 e. The number of hydrogen-bond donors (Lipinski definition) is 2. The Morgan fingerprint density at radius 2 is 1.80 bits per heavy atom. The van der Waals surface area contributed by atoms with Gasteiger partial charge in [-0.1, -0.05) is 59.1 Å². The van der Waals surface area contributed by atoms with Crippen molar-refractivity contribution in [3.63, 3.8) is 0 Å². The highest BCUT2D eigenvalue weighted by atomic mass is 35.5. The van der Waals surface area contributed by atoms with Gasteiger partial charge in [0, 0.05) is 22.2 Å². The Kier molecular flexibility index (Phi) is 7.15. The number of amides is 1. The summed E-state index contributed by atoms with van der Waals surface area (Å²) in [5, 5.41) is 20.5. The summed E-state index contributed by atoms with van der Waals surface area (Å²) < 4.78 is 5.27. The highest BCUT2D eigenvalue weighted by Crippen LogP contribution is 2.42. The fraction of sp³-hybridized carbons (Fsp3) is 0.273. The molecule has 1 unspecified atom stereocenters. The van der Waals surface area contributed by atoms with Gasteiger partial charge < -0.3 is 19.8 Å². The Bertz CT molecular complexity index is 988. The quantitative estimate of drug-likeness (QED) is 0.291. The molecular formula is C22H21Cl2NO5. The molecule has 8 heteroatoms. The number of carbonyl (C=O) groups is 2. The minimum atomic E-state index is -0.895. The summed E-state index contributed by atoms with van der Waals surface area (Å²) in [4.78, 5) is 27.0. The molecular weight excluding hydrogens is 429 g/mol. The van der Waals surface area contributed by atoms with Crippen LogP contribution in [0, 0.1) is 6.92 Å². The van der Waals surface area contributed by atoms with Gasteiger partial charge in [0.2, 0.25) is 0 Å². The number of aliphatic hydroxyl groups excluding tert-OH is 2. The first-order valence-corrected chi connectivity index (χ1v) is 10.1. The first-order valence-electron chi connectivity index (χ1n) is 9.34. The summed E-state index contributed by atoms with van der Waals surface area (Å²) in [5.41, 5.74) is 1.84. The molecule has 6 nitrogen and oxygen atoms in total. The number of carbonyl (C=O) groups excluding carboxylic acids is 2. The second-order valence-electron chi connectivity index (χ2n) is 6.86. The van der Waals surface area contributed by atoms with Crippen LogP contribution in [0.3, 0.4) is 0 Å². The van der Waals surface area contributed by atoms with Crippen molar-refractivity contribution in [2.75, 3.05) is 26.4 Å². The van der Waals surface area contributed by atoms with E-state index < -0.39 is 17.7 Å². The molecule has 1 atom stereocenters. The lowest BCUT2D eigenvalue weighted by Gasteiger charge is -2.26. The van der Waals surface area contributed by atoms with Gasteiger partial charge in [0.25, 0.3) is 11.7 Å². The van der Waals surface area contributed by atoms with Crippen LogP contribution >= 0.6 is 23.2 Å². The highest BCUT2D eigenvalue weighted by Gasteiger charge is 2.46. The van der Waals surface area contributed by atoms with E-state index >= 15 is 0 Å². The average molecular weight is 450 g/mol. The van der Waals surface area contributed by atoms with Crippen molar-refractivity contribution >= 4 is 40.7 Å². The minimum absolute atomic E-state index is 0.0461. The summed E-state index contributed by atoms with van der Waals surface area (Å²) in [6, 6.07) is 10.8. The fourth-order valence-electron chi connectivity index (χ4n) is 3.35. The third-order valence-corrected chi connectivity index (χ3v) is 5.40. The molecule has 30 heavy (non-hydrogen) atoms. The third-order valence-electron chi connectivity index (χ3n) is 4.83. The number of benzene rings is 2. The van der Waals surface area contributed by atoms with Crippen LogP contribution in [0.15, 0.2) is 48.0 Å². The van der Waals surface area contributed by atoms with Gasteiger partial charge in [0.05, 0.1) is 31.4 Å². The van der Waals surface area contributed by atoms with Crippen LogP contribution in [0.4, 0.5) is 0 Å². The lowest BCUT2D eigenvalue weighted by atomic mass is 9.95. The molecule has 3 rings (SSSR count). The molecule has 1 aliphatic heterocycles. The van der Waals surface area contributed by atoms with Gasteiger partial charge >= 0.3 is 0 Å². The number of ether oxygens (including phenoxy) is 1. The molecule has 2 aromatic carbocycles. The summed E-state index contributed by atoms with van der Waals surface area (Å²) >= 11 is 12.4. The van der Waals surface area contributed by atoms with Gasteiger partial charge in [-0.3, -0.25) is 9.59 Å². The van der Waals surface area contributed by atoms with Crippen LogP contribution in [0.2, 0.25) is 10.0 Å². The molecule has 1 amide bonds. The number of ketones is 1. The van der Waals surface area contributed by atoms with Crippen molar-refractivity contribution in [2.45, 2.75) is 13.0 Å². The molecule has 0 bridgehead atoms. The van der Waals surface area contributed by atoms with E-state index in [1.54, 1.807) is 36.4 Å². The van der Waals surface area contributed by atoms with Crippen molar-refractivity contribution in [3.8, 4) is 0 Å². The molecule has 2 N–H and O–H groups in total. The molecule has 1 heterocycles. The summed E-state index contributed by atoms with van der Waals surface area (Å²) in [6.07, 6.45) is 0. The fourth-order valence-corrected chi connectivity index (χ4v) is 3.87. The van der Waals surface area contributed by atoms with E-state index in [-0.39, 0.29) is 42.7 Å². The Labute approximate surface area is 184 Å². The number of aryl methyl sites for hydroxylation is 1. The smallest absolute Gasteiger partial charge is 0.295 e. The van der Waals surface area contributed by atoms with E-state index in [2.05, 4.69) is 0 Å². The van der Waals surface area contributed by atoms with Crippen molar-refractivity contribution in [1.29, 1.82) is 0 Å². The normalized spacial score (nSPS) is 18.3. The number of hydrogen-bond acceptors (Lipinski definition) is 5. The number of Topliss-reactive ketones (excluding diaryl/α,β-unsaturated/α-hetero) is 1. The zero-order chi connectivity index (χ0) is 21.8. The Balaban J connectivity index is 2.10. The average Bonchev–Trinajstić information content (AvgIpc) is 2.96. The molecule has 1 saturated heterocycles. The maximum absolute atomic E-state index is 12.9. The first kappa shape index (κ1) is 22.3. The Morgan fingerprint density at radius 1 is 1.10 bits per heavy atom. The van der Waals surface area contributed by atoms with Crippen LogP contribution in [0.1, 0.15) is 22.7 Å². The molecule has 0 saturated carbocycles. The maximum Gasteiger partial charge on any atom is 0.295 e. The minimum Gasteiger partial charge on any atom is -0.507 e. The van der Waals surface area contributed by atoms with Gasteiger partial charge in [-0.15, -0.1) is 0 Å². The van der Waals surface area contributed by atoms with Gasteiger partial charge in [-0.25, -0.2) is 0 Å². The Hall–Kier alpha value is -2.38. The molecule has 1 fully saturated rings. The number of likely N-dealkylation sites (tertiary alicyclic amines) is 1. The number of nitrogens with zero attached hydrogens (tertiary/aromatic N) is 1. The van der Waals surface area contributed by atoms with Crippen molar-refractivity contribution in [2.24, 2.45) is 0 Å². The van der Waals surface area contributed by atoms with E-state index in [9.17, 15) is 14.7 Å². The Morgan fingerprint density at radius 3 is 2.43 bits per heavy atom. The van der Waals surface area contributed by atoms with Crippen LogP contribution < -0.4 is 0 Å². The molecule has 1 aliphatic rings. The van der Waals surface area contributed by atoms with Crippen molar-refractivity contribution in [1.82, 2.24) is 4.90 Å². The van der Waals surface area contributed by atoms with Gasteiger partial charge in [0.1, 0.15) is 5.76 Å². The predicted molar refractivity (Wildman–Crippen MR) is 115 cm³/mol. The number of halogens is 2. The van der Waals surface area contributed by atoms with E-state index in [1.165, 1.54) is 11.0 Å². The summed E-state index contributed by atoms with van der Waals surface area (Å²) in [7, 11) is 0. The summed E-state index contributed by atoms with van der Waals surface area (Å²) in [5.74, 6) is -1.83. The van der Waals surface area contributed by atoms with E-state index in [4.69, 9.17) is 33.0 Å². The number of rotatable bonds is 7. The first-order chi connectivity index (χ1) is 14.3. The standard InChI is InChI=1S/C22H21Cl2NO5/c1-13-2-4-14(5-3-13)20(27)18-19(16-7-6-15(23)12-17(16)24)25(22(29)21(18)28)8-10-30-11-9-26/h2-7,12,19,26-27H,8-11H2,1H3/b20-18+. The van der Waals surface area contributed by atoms with E-state index in [1.807, 2.05) is 6.92 Å². The SMILES string of the molecule is Cc1ccc(/C(O)=C2\C(=O)C(=O)N(CCOCCO)C2c2ccc(Cl)cc2Cl)cc1. The van der Waals surface area contributed by atoms with Crippen LogP contribution in [-0.2, 0) is 14.3 Å². The predicted octanol–water partition coefficient (Wildman–Crippen LogP) is 3.73. The lowest BCUT2D eigenvalue weighted by molar-refractivity contribution is -0.140. The van der Waals surface area contributed by atoms with Gasteiger partial charge in [0.15, 0.2) is 0 Å². The highest BCUT2D eigenvalue weighted by molar-refractivity contribution is 6.47. The topological polar surface area (TPSA) is 87.1 Å². The van der Waals surface area contributed by atoms with E-state index in [0.29, 0.717) is 16.1 Å². The van der Waals surface area contributed by atoms with E-state index in [0.717, 1.165) is 5.56 Å². The zero-order valence-corrected chi connectivity index (χ0v) is 17.8. The third kappa shape index (κ3) is 4.52.